The fourth-order valence-electron chi connectivity index (χ4n) is 4.83. The zero-order chi connectivity index (χ0) is 26.7. The number of aliphatic carboxylic acids is 1. The number of nitrogens with zero attached hydrogens (tertiary/aromatic N) is 2. The van der Waals surface area contributed by atoms with Crippen LogP contribution >= 0.6 is 0 Å². The van der Waals surface area contributed by atoms with Crippen molar-refractivity contribution in [3.63, 3.8) is 0 Å². The topological polar surface area (TPSA) is 53.4 Å². The zero-order valence-electron chi connectivity index (χ0n) is 20.1. The van der Waals surface area contributed by atoms with E-state index in [1.165, 1.54) is 18.2 Å². The number of halogens is 6. The van der Waals surface area contributed by atoms with Gasteiger partial charge in [-0.1, -0.05) is 26.0 Å². The van der Waals surface area contributed by atoms with E-state index >= 15 is 0 Å². The number of rotatable bonds is 8. The summed E-state index contributed by atoms with van der Waals surface area (Å²) in [6.45, 7) is 4.52. The van der Waals surface area contributed by atoms with Crippen LogP contribution in [0.15, 0.2) is 42.6 Å². The van der Waals surface area contributed by atoms with Crippen molar-refractivity contribution in [3.8, 4) is 0 Å². The molecule has 0 aliphatic carbocycles. The average molecular weight is 517 g/mol. The lowest BCUT2D eigenvalue weighted by Crippen LogP contribution is -2.40. The highest BCUT2D eigenvalue weighted by Crippen LogP contribution is 2.43. The van der Waals surface area contributed by atoms with E-state index in [-0.39, 0.29) is 18.4 Å². The number of alkyl halides is 6. The van der Waals surface area contributed by atoms with Gasteiger partial charge in [0.2, 0.25) is 0 Å². The van der Waals surface area contributed by atoms with Gasteiger partial charge in [-0.05, 0) is 73.9 Å². The molecule has 3 rings (SSSR count). The summed E-state index contributed by atoms with van der Waals surface area (Å²) in [5, 5.41) is 9.30. The summed E-state index contributed by atoms with van der Waals surface area (Å²) >= 11 is 0. The van der Waals surface area contributed by atoms with Gasteiger partial charge in [0.05, 0.1) is 22.9 Å². The lowest BCUT2D eigenvalue weighted by atomic mass is 9.83. The Labute approximate surface area is 206 Å². The van der Waals surface area contributed by atoms with Gasteiger partial charge in [-0.25, -0.2) is 0 Å². The highest BCUT2D eigenvalue weighted by atomic mass is 19.4. The smallest absolute Gasteiger partial charge is 0.417 e. The van der Waals surface area contributed by atoms with Crippen molar-refractivity contribution >= 4 is 5.97 Å². The number of benzene rings is 1. The Balaban J connectivity index is 1.99. The van der Waals surface area contributed by atoms with Crippen LogP contribution in [0.2, 0.25) is 0 Å². The van der Waals surface area contributed by atoms with Crippen molar-refractivity contribution in [3.05, 3.63) is 65.0 Å². The van der Waals surface area contributed by atoms with Gasteiger partial charge in [0.15, 0.2) is 0 Å². The molecule has 0 amide bonds. The normalized spacial score (nSPS) is 20.5. The van der Waals surface area contributed by atoms with Gasteiger partial charge in [0.25, 0.3) is 0 Å². The van der Waals surface area contributed by atoms with Crippen LogP contribution < -0.4 is 0 Å². The highest BCUT2D eigenvalue weighted by molar-refractivity contribution is 5.67. The van der Waals surface area contributed by atoms with E-state index in [4.69, 9.17) is 0 Å². The number of aromatic nitrogens is 1. The van der Waals surface area contributed by atoms with E-state index in [2.05, 4.69) is 9.88 Å². The third-order valence-corrected chi connectivity index (χ3v) is 6.71. The first-order chi connectivity index (χ1) is 16.8. The monoisotopic (exact) mass is 516 g/mol. The third-order valence-electron chi connectivity index (χ3n) is 6.71. The van der Waals surface area contributed by atoms with Gasteiger partial charge in [-0.2, -0.15) is 26.3 Å². The third kappa shape index (κ3) is 7.21. The molecule has 0 saturated carbocycles. The molecule has 10 heteroatoms. The van der Waals surface area contributed by atoms with Gasteiger partial charge in [-0.15, -0.1) is 0 Å². The van der Waals surface area contributed by atoms with Crippen molar-refractivity contribution in [2.45, 2.75) is 70.4 Å². The van der Waals surface area contributed by atoms with Crippen molar-refractivity contribution in [2.24, 2.45) is 11.8 Å². The van der Waals surface area contributed by atoms with Crippen LogP contribution in [0.25, 0.3) is 0 Å². The summed E-state index contributed by atoms with van der Waals surface area (Å²) in [4.78, 5) is 17.6. The molecule has 2 heterocycles. The lowest BCUT2D eigenvalue weighted by molar-refractivity contribution is -0.139. The standard InChI is InChI=1S/C26H30F6N2O2/c1-16(2)3-10-22(21-9-8-20(15-33-21)26(30,31)32)34-12-11-17(14-24(35)36)13-23(34)18-4-6-19(7-5-18)25(27,28)29/h4-9,15-17,22-23H,3,10-14H2,1-2H3,(H,35,36)/t17-,22-,23+/m1/s1. The van der Waals surface area contributed by atoms with Gasteiger partial charge in [0.1, 0.15) is 0 Å². The predicted molar refractivity (Wildman–Crippen MR) is 122 cm³/mol. The Hall–Kier alpha value is -2.62. The molecule has 0 radical (unpaired) electrons. The van der Waals surface area contributed by atoms with Crippen LogP contribution in [0.4, 0.5) is 26.3 Å². The van der Waals surface area contributed by atoms with Crippen LogP contribution in [-0.4, -0.2) is 27.5 Å². The highest BCUT2D eigenvalue weighted by Gasteiger charge is 2.37. The minimum atomic E-state index is -4.52. The largest absolute Gasteiger partial charge is 0.481 e. The van der Waals surface area contributed by atoms with Crippen molar-refractivity contribution in [1.29, 1.82) is 0 Å². The first kappa shape index (κ1) is 28.0. The molecule has 1 aliphatic heterocycles. The van der Waals surface area contributed by atoms with Gasteiger partial charge < -0.3 is 5.11 Å². The Kier molecular flexibility index (Phi) is 8.69. The molecule has 198 valence electrons. The molecule has 3 atom stereocenters. The van der Waals surface area contributed by atoms with Crippen LogP contribution in [0.1, 0.15) is 80.4 Å². The summed E-state index contributed by atoms with van der Waals surface area (Å²) in [6.07, 6.45) is -5.92. The summed E-state index contributed by atoms with van der Waals surface area (Å²) in [5.74, 6) is -0.797. The molecule has 1 aromatic carbocycles. The van der Waals surface area contributed by atoms with Gasteiger partial charge >= 0.3 is 18.3 Å². The van der Waals surface area contributed by atoms with Crippen LogP contribution in [0, 0.1) is 11.8 Å². The minimum Gasteiger partial charge on any atom is -0.481 e. The van der Waals surface area contributed by atoms with E-state index in [1.54, 1.807) is 0 Å². The van der Waals surface area contributed by atoms with E-state index < -0.39 is 35.5 Å². The molecule has 0 unspecified atom stereocenters. The molecule has 0 bridgehead atoms. The minimum absolute atomic E-state index is 0.0554. The second-order valence-corrected chi connectivity index (χ2v) is 9.82. The molecule has 1 aliphatic rings. The first-order valence-corrected chi connectivity index (χ1v) is 11.9. The fourth-order valence-corrected chi connectivity index (χ4v) is 4.83. The lowest BCUT2D eigenvalue weighted by Gasteiger charge is -2.44. The summed E-state index contributed by atoms with van der Waals surface area (Å²) in [6, 6.07) is 6.42. The Bertz CT molecular complexity index is 1000. The van der Waals surface area contributed by atoms with Crippen LogP contribution in [0.5, 0.6) is 0 Å². The molecule has 1 saturated heterocycles. The number of piperidine rings is 1. The van der Waals surface area contributed by atoms with Gasteiger partial charge in [-0.3, -0.25) is 14.7 Å². The molecule has 4 nitrogen and oxygen atoms in total. The summed E-state index contributed by atoms with van der Waals surface area (Å²) in [5.41, 5.74) is -0.568. The second-order valence-electron chi connectivity index (χ2n) is 9.82. The fraction of sp³-hybridized carbons (Fsp3) is 0.538. The maximum Gasteiger partial charge on any atom is 0.417 e. The number of hydrogen-bond acceptors (Lipinski definition) is 3. The molecule has 36 heavy (non-hydrogen) atoms. The molecule has 1 aromatic heterocycles. The first-order valence-electron chi connectivity index (χ1n) is 11.9. The maximum absolute atomic E-state index is 13.1. The van der Waals surface area contributed by atoms with Crippen LogP contribution in [0.3, 0.4) is 0 Å². The SMILES string of the molecule is CC(C)CC[C@H](c1ccc(C(F)(F)F)cn1)N1CC[C@@H](CC(=O)O)C[C@H]1c1ccc(C(F)(F)F)cc1. The maximum atomic E-state index is 13.1. The number of pyridine rings is 1. The molecular weight excluding hydrogens is 486 g/mol. The van der Waals surface area contributed by atoms with Gasteiger partial charge in [0, 0.05) is 18.7 Å². The van der Waals surface area contributed by atoms with Crippen molar-refractivity contribution in [1.82, 2.24) is 9.88 Å². The number of carboxylic acid groups (broad SMARTS) is 1. The molecule has 2 aromatic rings. The Morgan fingerprint density at radius 1 is 1.00 bits per heavy atom. The average Bonchev–Trinajstić information content (AvgIpc) is 2.78. The second kappa shape index (κ2) is 11.2. The number of hydrogen-bond donors (Lipinski definition) is 1. The zero-order valence-corrected chi connectivity index (χ0v) is 20.1. The van der Waals surface area contributed by atoms with Crippen LogP contribution in [-0.2, 0) is 17.1 Å². The molecule has 0 spiro atoms. The number of likely N-dealkylation sites (tertiary alicyclic amines) is 1. The Morgan fingerprint density at radius 3 is 2.11 bits per heavy atom. The van der Waals surface area contributed by atoms with E-state index in [0.717, 1.165) is 30.8 Å². The number of carboxylic acids is 1. The quantitative estimate of drug-likeness (QED) is 0.369. The summed E-state index contributed by atoms with van der Waals surface area (Å²) in [7, 11) is 0. The van der Waals surface area contributed by atoms with E-state index in [0.29, 0.717) is 43.0 Å². The van der Waals surface area contributed by atoms with E-state index in [1.807, 2.05) is 13.8 Å². The van der Waals surface area contributed by atoms with Crippen molar-refractivity contribution in [2.75, 3.05) is 6.54 Å². The summed E-state index contributed by atoms with van der Waals surface area (Å²) < 4.78 is 78.7. The predicted octanol–water partition coefficient (Wildman–Crippen LogP) is 7.52. The van der Waals surface area contributed by atoms with Crippen molar-refractivity contribution < 1.29 is 36.2 Å². The number of carbonyl (C=O) groups is 1. The molecule has 1 N–H and O–H groups in total. The Morgan fingerprint density at radius 2 is 1.61 bits per heavy atom. The molecule has 1 fully saturated rings. The van der Waals surface area contributed by atoms with E-state index in [9.17, 15) is 36.2 Å². The molecular formula is C26H30F6N2O2.